The number of sulfonamides is 1. The molecule has 3 aromatic rings. The van der Waals surface area contributed by atoms with Gasteiger partial charge in [0.25, 0.3) is 0 Å². The Labute approximate surface area is 158 Å². The van der Waals surface area contributed by atoms with E-state index in [1.165, 1.54) is 4.31 Å². The first-order chi connectivity index (χ1) is 13.1. The third-order valence-corrected chi connectivity index (χ3v) is 6.76. The molecule has 0 bridgehead atoms. The minimum Gasteiger partial charge on any atom is -0.387 e. The molecule has 0 unspecified atom stereocenters. The summed E-state index contributed by atoms with van der Waals surface area (Å²) in [5.74, 6) is 0. The monoisotopic (exact) mass is 381 g/mol. The fourth-order valence-corrected chi connectivity index (χ4v) is 5.33. The second-order valence-electron chi connectivity index (χ2n) is 6.52. The molecule has 0 spiro atoms. The van der Waals surface area contributed by atoms with Crippen molar-refractivity contribution in [3.8, 4) is 0 Å². The smallest absolute Gasteiger partial charge is 0.244 e. The summed E-state index contributed by atoms with van der Waals surface area (Å²) in [7, 11) is -3.75. The van der Waals surface area contributed by atoms with Gasteiger partial charge in [-0.25, -0.2) is 8.42 Å². The highest BCUT2D eigenvalue weighted by Gasteiger charge is 2.43. The summed E-state index contributed by atoms with van der Waals surface area (Å²) in [6, 6.07) is 13.3. The van der Waals surface area contributed by atoms with E-state index in [1.54, 1.807) is 67.3 Å². The van der Waals surface area contributed by atoms with Gasteiger partial charge in [-0.3, -0.25) is 9.97 Å². The molecule has 1 aromatic carbocycles. The molecule has 0 saturated heterocycles. The van der Waals surface area contributed by atoms with Crippen LogP contribution in [0.4, 0.5) is 0 Å². The van der Waals surface area contributed by atoms with Crippen molar-refractivity contribution in [1.82, 2.24) is 14.3 Å². The summed E-state index contributed by atoms with van der Waals surface area (Å²) in [5, 5.41) is 11.0. The van der Waals surface area contributed by atoms with E-state index in [0.717, 1.165) is 11.1 Å². The van der Waals surface area contributed by atoms with Gasteiger partial charge < -0.3 is 5.11 Å². The molecular weight excluding hydrogens is 362 g/mol. The van der Waals surface area contributed by atoms with Gasteiger partial charge in [-0.2, -0.15) is 4.31 Å². The number of nitrogens with zero attached hydrogens (tertiary/aromatic N) is 3. The van der Waals surface area contributed by atoms with Crippen LogP contribution in [0.3, 0.4) is 0 Å². The first-order valence-corrected chi connectivity index (χ1v) is 10.1. The fraction of sp³-hybridized carbons (Fsp3) is 0.200. The van der Waals surface area contributed by atoms with E-state index in [4.69, 9.17) is 0 Å². The Bertz CT molecular complexity index is 1030. The molecule has 1 N–H and O–H groups in total. The van der Waals surface area contributed by atoms with E-state index in [-0.39, 0.29) is 11.4 Å². The summed E-state index contributed by atoms with van der Waals surface area (Å²) in [4.78, 5) is 8.26. The van der Waals surface area contributed by atoms with Crippen molar-refractivity contribution in [3.63, 3.8) is 0 Å². The standard InChI is InChI=1S/C20H19N3O3S/c24-20-17-5-1-2-6-19(17)27(25,26)23(14-15-7-10-21-11-8-15)18(20)12-16-4-3-9-22-13-16/h1-11,13,18,20,24H,12,14H2/t18-,20-/m1/s1. The van der Waals surface area contributed by atoms with Crippen molar-refractivity contribution >= 4 is 10.0 Å². The van der Waals surface area contributed by atoms with Crippen LogP contribution in [0.1, 0.15) is 22.8 Å². The van der Waals surface area contributed by atoms with Gasteiger partial charge >= 0.3 is 0 Å². The summed E-state index contributed by atoms with van der Waals surface area (Å²) < 4.78 is 28.1. The topological polar surface area (TPSA) is 83.4 Å². The SMILES string of the molecule is O=S1(=O)c2ccccc2[C@@H](O)[C@@H](Cc2cccnc2)N1Cc1ccncc1. The fourth-order valence-electron chi connectivity index (χ4n) is 3.47. The molecule has 27 heavy (non-hydrogen) atoms. The second-order valence-corrected chi connectivity index (χ2v) is 8.38. The third-order valence-electron chi connectivity index (χ3n) is 4.81. The number of rotatable bonds is 4. The van der Waals surface area contributed by atoms with Crippen molar-refractivity contribution in [2.75, 3.05) is 0 Å². The highest BCUT2D eigenvalue weighted by Crippen LogP contribution is 2.38. The highest BCUT2D eigenvalue weighted by atomic mass is 32.2. The average molecular weight is 381 g/mol. The molecule has 0 aliphatic carbocycles. The van der Waals surface area contributed by atoms with Crippen LogP contribution in [0.5, 0.6) is 0 Å². The van der Waals surface area contributed by atoms with Crippen molar-refractivity contribution in [2.24, 2.45) is 0 Å². The van der Waals surface area contributed by atoms with Crippen molar-refractivity contribution in [2.45, 2.75) is 30.0 Å². The number of aromatic nitrogens is 2. The Hall–Kier alpha value is -2.61. The molecule has 138 valence electrons. The number of pyridine rings is 2. The van der Waals surface area contributed by atoms with E-state index in [2.05, 4.69) is 9.97 Å². The largest absolute Gasteiger partial charge is 0.387 e. The molecule has 0 saturated carbocycles. The lowest BCUT2D eigenvalue weighted by Gasteiger charge is -2.39. The zero-order valence-corrected chi connectivity index (χ0v) is 15.3. The van der Waals surface area contributed by atoms with Crippen molar-refractivity contribution in [3.05, 3.63) is 90.0 Å². The van der Waals surface area contributed by atoms with Gasteiger partial charge in [-0.05, 0) is 41.8 Å². The summed E-state index contributed by atoms with van der Waals surface area (Å²) in [5.41, 5.74) is 2.13. The molecule has 2 atom stereocenters. The maximum atomic E-state index is 13.3. The predicted molar refractivity (Wildman–Crippen MR) is 100 cm³/mol. The van der Waals surface area contributed by atoms with Crippen molar-refractivity contribution in [1.29, 1.82) is 0 Å². The van der Waals surface area contributed by atoms with E-state index in [9.17, 15) is 13.5 Å². The van der Waals surface area contributed by atoms with Gasteiger partial charge in [0.15, 0.2) is 0 Å². The number of benzene rings is 1. The van der Waals surface area contributed by atoms with Crippen LogP contribution >= 0.6 is 0 Å². The van der Waals surface area contributed by atoms with Crippen LogP contribution in [-0.4, -0.2) is 33.8 Å². The van der Waals surface area contributed by atoms with Gasteiger partial charge in [0.05, 0.1) is 17.0 Å². The van der Waals surface area contributed by atoms with Crippen LogP contribution in [-0.2, 0) is 23.0 Å². The average Bonchev–Trinajstić information content (AvgIpc) is 2.71. The first-order valence-electron chi connectivity index (χ1n) is 8.64. The molecule has 6 nitrogen and oxygen atoms in total. The Kier molecular flexibility index (Phi) is 4.73. The van der Waals surface area contributed by atoms with Crippen LogP contribution in [0.2, 0.25) is 0 Å². The van der Waals surface area contributed by atoms with Gasteiger partial charge in [-0.1, -0.05) is 24.3 Å². The molecule has 3 heterocycles. The Morgan fingerprint density at radius 1 is 0.926 bits per heavy atom. The summed E-state index contributed by atoms with van der Waals surface area (Å²) in [6.07, 6.45) is 6.07. The number of hydrogen-bond acceptors (Lipinski definition) is 5. The van der Waals surface area contributed by atoms with Crippen LogP contribution in [0.25, 0.3) is 0 Å². The lowest BCUT2D eigenvalue weighted by Crippen LogP contribution is -2.48. The summed E-state index contributed by atoms with van der Waals surface area (Å²) in [6.45, 7) is 0.168. The molecule has 4 rings (SSSR count). The van der Waals surface area contributed by atoms with E-state index in [1.807, 2.05) is 6.07 Å². The van der Waals surface area contributed by atoms with Crippen molar-refractivity contribution < 1.29 is 13.5 Å². The van der Waals surface area contributed by atoms with Gasteiger partial charge in [0.1, 0.15) is 0 Å². The number of aliphatic hydroxyl groups excluding tert-OH is 1. The minimum atomic E-state index is -3.75. The maximum absolute atomic E-state index is 13.3. The zero-order valence-electron chi connectivity index (χ0n) is 14.5. The first kappa shape index (κ1) is 17.8. The van der Waals surface area contributed by atoms with Gasteiger partial charge in [0, 0.05) is 36.9 Å². The highest BCUT2D eigenvalue weighted by molar-refractivity contribution is 7.89. The lowest BCUT2D eigenvalue weighted by molar-refractivity contribution is 0.0769. The molecule has 7 heteroatoms. The second kappa shape index (κ2) is 7.19. The van der Waals surface area contributed by atoms with Gasteiger partial charge in [-0.15, -0.1) is 0 Å². The molecule has 0 amide bonds. The van der Waals surface area contributed by atoms with E-state index < -0.39 is 22.2 Å². The maximum Gasteiger partial charge on any atom is 0.244 e. The Balaban J connectivity index is 1.80. The molecular formula is C20H19N3O3S. The molecule has 2 aromatic heterocycles. The van der Waals surface area contributed by atoms with Crippen LogP contribution in [0.15, 0.2) is 78.2 Å². The number of hydrogen-bond donors (Lipinski definition) is 1. The zero-order chi connectivity index (χ0) is 18.9. The predicted octanol–water partition coefficient (Wildman–Crippen LogP) is 2.33. The molecule has 1 aliphatic heterocycles. The number of fused-ring (bicyclic) bond motifs is 1. The van der Waals surface area contributed by atoms with Crippen LogP contribution in [0, 0.1) is 0 Å². The van der Waals surface area contributed by atoms with E-state index in [0.29, 0.717) is 12.0 Å². The lowest BCUT2D eigenvalue weighted by atomic mass is 9.96. The molecule has 0 radical (unpaired) electrons. The minimum absolute atomic E-state index is 0.161. The Morgan fingerprint density at radius 2 is 1.70 bits per heavy atom. The molecule has 0 fully saturated rings. The Morgan fingerprint density at radius 3 is 2.44 bits per heavy atom. The van der Waals surface area contributed by atoms with Gasteiger partial charge in [0.2, 0.25) is 10.0 Å². The quantitative estimate of drug-likeness (QED) is 0.750. The van der Waals surface area contributed by atoms with Crippen LogP contribution < -0.4 is 0 Å². The normalized spacial score (nSPS) is 21.5. The molecule has 1 aliphatic rings. The third kappa shape index (κ3) is 3.37. The number of aliphatic hydroxyl groups is 1. The summed E-state index contributed by atoms with van der Waals surface area (Å²) >= 11 is 0. The van der Waals surface area contributed by atoms with E-state index >= 15 is 0 Å².